The number of nitrogens with zero attached hydrogens (tertiary/aromatic N) is 1. The second-order valence-corrected chi connectivity index (χ2v) is 5.61. The van der Waals surface area contributed by atoms with Gasteiger partial charge in [-0.05, 0) is 38.2 Å². The summed E-state index contributed by atoms with van der Waals surface area (Å²) in [5, 5.41) is 10.2. The first-order valence-corrected chi connectivity index (χ1v) is 7.81. The standard InChI is InChI=1S/C17H27NO/c1-3-9-14-10-7-8-13-18(14)16-12-6-5-11-15(16)17(19)4-2/h5-6,11-12,14,17,19H,3-4,7-10,13H2,1-2H3/t14?,17-/m1/s1. The molecule has 1 aromatic carbocycles. The quantitative estimate of drug-likeness (QED) is 0.854. The summed E-state index contributed by atoms with van der Waals surface area (Å²) in [5.74, 6) is 0. The number of aliphatic hydroxyl groups is 1. The van der Waals surface area contributed by atoms with Crippen LogP contribution in [0.5, 0.6) is 0 Å². The first-order valence-electron chi connectivity index (χ1n) is 7.81. The second-order valence-electron chi connectivity index (χ2n) is 5.61. The van der Waals surface area contributed by atoms with Gasteiger partial charge in [0.1, 0.15) is 0 Å². The molecular formula is C17H27NO. The molecule has 0 radical (unpaired) electrons. The second kappa shape index (κ2) is 6.95. The van der Waals surface area contributed by atoms with Crippen molar-refractivity contribution < 1.29 is 5.11 Å². The van der Waals surface area contributed by atoms with Crippen molar-refractivity contribution in [1.29, 1.82) is 0 Å². The third kappa shape index (κ3) is 3.30. The number of hydrogen-bond donors (Lipinski definition) is 1. The number of anilines is 1. The Morgan fingerprint density at radius 2 is 2.05 bits per heavy atom. The summed E-state index contributed by atoms with van der Waals surface area (Å²) in [6.07, 6.45) is 6.86. The van der Waals surface area contributed by atoms with Gasteiger partial charge in [-0.15, -0.1) is 0 Å². The van der Waals surface area contributed by atoms with Gasteiger partial charge in [0, 0.05) is 23.8 Å². The van der Waals surface area contributed by atoms with Crippen LogP contribution in [0.25, 0.3) is 0 Å². The van der Waals surface area contributed by atoms with Crippen LogP contribution in [0.1, 0.15) is 64.0 Å². The summed E-state index contributed by atoms with van der Waals surface area (Å²) in [4.78, 5) is 2.54. The van der Waals surface area contributed by atoms with Crippen molar-refractivity contribution >= 4 is 5.69 Å². The van der Waals surface area contributed by atoms with Crippen LogP contribution in [0.2, 0.25) is 0 Å². The maximum absolute atomic E-state index is 10.2. The molecule has 2 heteroatoms. The van der Waals surface area contributed by atoms with Crippen molar-refractivity contribution in [1.82, 2.24) is 0 Å². The van der Waals surface area contributed by atoms with E-state index in [1.807, 2.05) is 13.0 Å². The molecule has 1 saturated heterocycles. The van der Waals surface area contributed by atoms with Crippen LogP contribution in [0.15, 0.2) is 24.3 Å². The first kappa shape index (κ1) is 14.4. The van der Waals surface area contributed by atoms with Crippen molar-refractivity contribution in [2.24, 2.45) is 0 Å². The van der Waals surface area contributed by atoms with Crippen molar-refractivity contribution in [3.05, 3.63) is 29.8 Å². The highest BCUT2D eigenvalue weighted by Crippen LogP contribution is 2.33. The van der Waals surface area contributed by atoms with E-state index in [2.05, 4.69) is 30.0 Å². The molecule has 0 spiro atoms. The summed E-state index contributed by atoms with van der Waals surface area (Å²) < 4.78 is 0. The summed E-state index contributed by atoms with van der Waals surface area (Å²) in [5.41, 5.74) is 2.36. The van der Waals surface area contributed by atoms with E-state index in [-0.39, 0.29) is 6.10 Å². The average Bonchev–Trinajstić information content (AvgIpc) is 2.47. The lowest BCUT2D eigenvalue weighted by atomic mass is 9.95. The van der Waals surface area contributed by atoms with E-state index in [1.165, 1.54) is 37.8 Å². The van der Waals surface area contributed by atoms with E-state index in [0.29, 0.717) is 6.04 Å². The molecule has 0 saturated carbocycles. The molecule has 0 aromatic heterocycles. The number of piperidine rings is 1. The Labute approximate surface area is 117 Å². The van der Waals surface area contributed by atoms with Crippen LogP contribution >= 0.6 is 0 Å². The van der Waals surface area contributed by atoms with Crippen molar-refractivity contribution in [2.45, 2.75) is 64.5 Å². The topological polar surface area (TPSA) is 23.5 Å². The van der Waals surface area contributed by atoms with E-state index < -0.39 is 0 Å². The summed E-state index contributed by atoms with van der Waals surface area (Å²) in [6, 6.07) is 9.06. The predicted molar refractivity (Wildman–Crippen MR) is 81.6 cm³/mol. The number of aliphatic hydroxyl groups excluding tert-OH is 1. The smallest absolute Gasteiger partial charge is 0.0807 e. The molecule has 2 nitrogen and oxygen atoms in total. The van der Waals surface area contributed by atoms with Gasteiger partial charge in [-0.3, -0.25) is 0 Å². The molecule has 1 unspecified atom stereocenters. The van der Waals surface area contributed by atoms with Crippen LogP contribution in [-0.2, 0) is 0 Å². The molecule has 2 rings (SSSR count). The minimum Gasteiger partial charge on any atom is -0.388 e. The molecule has 1 aliphatic rings. The number of benzene rings is 1. The van der Waals surface area contributed by atoms with Crippen molar-refractivity contribution in [2.75, 3.05) is 11.4 Å². The van der Waals surface area contributed by atoms with Crippen LogP contribution < -0.4 is 4.90 Å². The van der Waals surface area contributed by atoms with Crippen LogP contribution in [0.3, 0.4) is 0 Å². The first-order chi connectivity index (χ1) is 9.27. The van der Waals surface area contributed by atoms with Gasteiger partial charge in [0.15, 0.2) is 0 Å². The lowest BCUT2D eigenvalue weighted by Crippen LogP contribution is -2.40. The molecule has 0 bridgehead atoms. The fourth-order valence-electron chi connectivity index (χ4n) is 3.20. The van der Waals surface area contributed by atoms with Gasteiger partial charge in [0.05, 0.1) is 6.10 Å². The van der Waals surface area contributed by atoms with Gasteiger partial charge in [-0.1, -0.05) is 38.5 Å². The largest absolute Gasteiger partial charge is 0.388 e. The maximum atomic E-state index is 10.2. The summed E-state index contributed by atoms with van der Waals surface area (Å²) >= 11 is 0. The minimum absolute atomic E-state index is 0.333. The van der Waals surface area contributed by atoms with E-state index in [4.69, 9.17) is 0 Å². The van der Waals surface area contributed by atoms with Crippen LogP contribution in [-0.4, -0.2) is 17.7 Å². The lowest BCUT2D eigenvalue weighted by Gasteiger charge is -2.39. The van der Waals surface area contributed by atoms with E-state index in [0.717, 1.165) is 18.5 Å². The molecule has 1 N–H and O–H groups in total. The Kier molecular flexibility index (Phi) is 5.26. The third-order valence-electron chi connectivity index (χ3n) is 4.24. The molecule has 1 aromatic rings. The summed E-state index contributed by atoms with van der Waals surface area (Å²) in [6.45, 7) is 5.44. The molecule has 0 amide bonds. The molecule has 19 heavy (non-hydrogen) atoms. The van der Waals surface area contributed by atoms with E-state index in [1.54, 1.807) is 0 Å². The molecule has 1 fully saturated rings. The lowest BCUT2D eigenvalue weighted by molar-refractivity contribution is 0.173. The number of hydrogen-bond acceptors (Lipinski definition) is 2. The summed E-state index contributed by atoms with van der Waals surface area (Å²) in [7, 11) is 0. The average molecular weight is 261 g/mol. The van der Waals surface area contributed by atoms with Crippen LogP contribution in [0.4, 0.5) is 5.69 Å². The Hall–Kier alpha value is -1.02. The van der Waals surface area contributed by atoms with Gasteiger partial charge in [0.25, 0.3) is 0 Å². The molecule has 106 valence electrons. The third-order valence-corrected chi connectivity index (χ3v) is 4.24. The zero-order chi connectivity index (χ0) is 13.7. The zero-order valence-electron chi connectivity index (χ0n) is 12.3. The highest BCUT2D eigenvalue weighted by Gasteiger charge is 2.24. The van der Waals surface area contributed by atoms with Gasteiger partial charge >= 0.3 is 0 Å². The fourth-order valence-corrected chi connectivity index (χ4v) is 3.20. The molecule has 1 aliphatic heterocycles. The number of para-hydroxylation sites is 1. The maximum Gasteiger partial charge on any atom is 0.0807 e. The van der Waals surface area contributed by atoms with Gasteiger partial charge in [0.2, 0.25) is 0 Å². The Bertz CT molecular complexity index is 389. The monoisotopic (exact) mass is 261 g/mol. The van der Waals surface area contributed by atoms with Crippen molar-refractivity contribution in [3.63, 3.8) is 0 Å². The Morgan fingerprint density at radius 1 is 1.26 bits per heavy atom. The highest BCUT2D eigenvalue weighted by atomic mass is 16.3. The van der Waals surface area contributed by atoms with Gasteiger partial charge in [-0.2, -0.15) is 0 Å². The Balaban J connectivity index is 2.28. The predicted octanol–water partition coefficient (Wildman–Crippen LogP) is 4.29. The highest BCUT2D eigenvalue weighted by molar-refractivity contribution is 5.55. The number of rotatable bonds is 5. The van der Waals surface area contributed by atoms with Gasteiger partial charge < -0.3 is 10.0 Å². The minimum atomic E-state index is -0.333. The van der Waals surface area contributed by atoms with Crippen molar-refractivity contribution in [3.8, 4) is 0 Å². The van der Waals surface area contributed by atoms with E-state index >= 15 is 0 Å². The molecule has 1 heterocycles. The van der Waals surface area contributed by atoms with Crippen LogP contribution in [0, 0.1) is 0 Å². The van der Waals surface area contributed by atoms with E-state index in [9.17, 15) is 5.11 Å². The molecule has 0 aliphatic carbocycles. The molecular weight excluding hydrogens is 234 g/mol. The Morgan fingerprint density at radius 3 is 2.79 bits per heavy atom. The molecule has 2 atom stereocenters. The SMILES string of the molecule is CCCC1CCCCN1c1ccccc1[C@H](O)CC. The zero-order valence-corrected chi connectivity index (χ0v) is 12.3. The normalized spacial score (nSPS) is 21.4. The fraction of sp³-hybridized carbons (Fsp3) is 0.647. The van der Waals surface area contributed by atoms with Gasteiger partial charge in [-0.25, -0.2) is 0 Å².